The number of methoxy groups -OCH3 is 1. The Labute approximate surface area is 336 Å². The highest BCUT2D eigenvalue weighted by Crippen LogP contribution is 2.45. The van der Waals surface area contributed by atoms with Gasteiger partial charge in [0.2, 0.25) is 11.6 Å². The molecule has 16 nitrogen and oxygen atoms in total. The highest BCUT2D eigenvalue weighted by molar-refractivity contribution is 7.86. The maximum Gasteiger partial charge on any atom is 0.265 e. The van der Waals surface area contributed by atoms with Gasteiger partial charge in [-0.25, -0.2) is 22.7 Å². The van der Waals surface area contributed by atoms with Crippen LogP contribution in [0.4, 0.5) is 5.69 Å². The highest BCUT2D eigenvalue weighted by Gasteiger charge is 2.47. The number of fused-ring (bicyclic) bond motifs is 2. The molecule has 316 valence electrons. The van der Waals surface area contributed by atoms with Gasteiger partial charge >= 0.3 is 0 Å². The van der Waals surface area contributed by atoms with Gasteiger partial charge in [0.1, 0.15) is 28.5 Å². The maximum absolute atomic E-state index is 12.1. The summed E-state index contributed by atoms with van der Waals surface area (Å²) in [6.45, 7) is 9.43. The zero-order valence-electron chi connectivity index (χ0n) is 32.9. The topological polar surface area (TPSA) is 249 Å². The van der Waals surface area contributed by atoms with Crippen molar-refractivity contribution in [2.45, 2.75) is 82.6 Å². The molecule has 2 unspecified atom stereocenters. The smallest absolute Gasteiger partial charge is 0.265 e. The van der Waals surface area contributed by atoms with Crippen LogP contribution in [-0.4, -0.2) is 111 Å². The molecule has 2 aliphatic heterocycles. The van der Waals surface area contributed by atoms with Crippen LogP contribution in [-0.2, 0) is 50.0 Å². The Balaban J connectivity index is 1.76. The number of allylic oxidation sites excluding steroid dienone is 6. The second kappa shape index (κ2) is 18.5. The van der Waals surface area contributed by atoms with E-state index >= 15 is 0 Å². The molecule has 19 heteroatoms. The minimum Gasteiger partial charge on any atom is -0.748 e. The standard InChI is InChI=1S/C38H54N4O12S3/c1-37(2,3)31-25-28(54-34-24-27(13-15-30(31)34)41(20-21-53-5)18-8-22-55(44,45)46)10-6-11-35-38(4,17-7-12-36(43)40-39)32-26-29(57(50,51)52)14-16-33(32)42(35)19-9-23-56(47,48)49/h6,10-11,13-16,25-26,34H,7-9,12,17-24,39H2,1-5H3,(H3-,40,43,44,45,46,47,48,49,50,51,52)/p-1. The Morgan fingerprint density at radius 1 is 1.11 bits per heavy atom. The van der Waals surface area contributed by atoms with Crippen LogP contribution in [0.3, 0.4) is 0 Å². The van der Waals surface area contributed by atoms with Crippen molar-refractivity contribution in [3.63, 3.8) is 0 Å². The van der Waals surface area contributed by atoms with Gasteiger partial charge < -0.3 is 23.5 Å². The number of hydrogen-bond donors (Lipinski definition) is 3. The summed E-state index contributed by atoms with van der Waals surface area (Å²) in [6.07, 6.45) is 12.2. The lowest BCUT2D eigenvalue weighted by Gasteiger charge is -2.39. The van der Waals surface area contributed by atoms with Gasteiger partial charge in [0.05, 0.1) is 32.8 Å². The molecule has 0 saturated carbocycles. The largest absolute Gasteiger partial charge is 0.748 e. The van der Waals surface area contributed by atoms with E-state index in [9.17, 15) is 43.7 Å². The average Bonchev–Trinajstić information content (AvgIpc) is 3.33. The molecule has 1 aromatic rings. The Bertz CT molecular complexity index is 2220. The fraction of sp³-hybridized carbons (Fsp3) is 0.526. The van der Waals surface area contributed by atoms with Crippen molar-refractivity contribution >= 4 is 47.7 Å². The van der Waals surface area contributed by atoms with Gasteiger partial charge in [-0.15, -0.1) is 0 Å². The summed E-state index contributed by atoms with van der Waals surface area (Å²) in [4.78, 5) is 13.6. The van der Waals surface area contributed by atoms with Crippen LogP contribution >= 0.6 is 0 Å². The van der Waals surface area contributed by atoms with Crippen molar-refractivity contribution < 1.29 is 57.8 Å². The summed E-state index contributed by atoms with van der Waals surface area (Å²) in [7, 11) is -11.9. The van der Waals surface area contributed by atoms with Crippen LogP contribution in [0, 0.1) is 5.41 Å². The number of nitrogens with zero attached hydrogens (tertiary/aromatic N) is 2. The molecule has 1 amide bonds. The van der Waals surface area contributed by atoms with E-state index in [0.29, 0.717) is 61.7 Å². The third-order valence-corrected chi connectivity index (χ3v) is 12.6. The fourth-order valence-electron chi connectivity index (χ4n) is 7.46. The molecular formula is C38H53N4O12S3-. The molecule has 0 radical (unpaired) electrons. The van der Waals surface area contributed by atoms with E-state index in [0.717, 1.165) is 16.8 Å². The second-order valence-electron chi connectivity index (χ2n) is 15.5. The zero-order valence-corrected chi connectivity index (χ0v) is 35.3. The van der Waals surface area contributed by atoms with E-state index < -0.39 is 64.2 Å². The number of nitrogens with two attached hydrogens (primary N) is 1. The van der Waals surface area contributed by atoms with Crippen molar-refractivity contribution in [3.8, 4) is 0 Å². The SMILES string of the molecule is COCCN(CCCS(=O)(=O)[O-])C1=CC=C2C(C(C)(C)C)=CC(=CC=CC3=[N+](CCCS(=O)(=O)O)c4ccc(S(=O)(=O)[O-])cc4C3(C)CCCC(=O)NN)OC2C1. The molecule has 4 rings (SSSR count). The first-order valence-corrected chi connectivity index (χ1v) is 23.1. The number of carbonyl (C=O) groups excluding carboxylic acids is 1. The van der Waals surface area contributed by atoms with Gasteiger partial charge in [-0.05, 0) is 73.1 Å². The molecule has 57 heavy (non-hydrogen) atoms. The molecule has 3 aliphatic rings. The van der Waals surface area contributed by atoms with Gasteiger partial charge in [0, 0.05) is 68.6 Å². The molecule has 1 aliphatic carbocycles. The lowest BCUT2D eigenvalue weighted by Crippen LogP contribution is -2.35. The van der Waals surface area contributed by atoms with E-state index in [1.54, 1.807) is 25.3 Å². The number of nitrogens with one attached hydrogen (secondary N) is 1. The first kappa shape index (κ1) is 46.0. The molecule has 0 fully saturated rings. The fourth-order valence-corrected chi connectivity index (χ4v) is 8.94. The summed E-state index contributed by atoms with van der Waals surface area (Å²) in [6, 6.07) is 4.01. The summed E-state index contributed by atoms with van der Waals surface area (Å²) in [5, 5.41) is 0. The van der Waals surface area contributed by atoms with E-state index in [2.05, 4.69) is 26.2 Å². The number of carbonyl (C=O) groups is 1. The maximum atomic E-state index is 12.1. The zero-order chi connectivity index (χ0) is 42.4. The van der Waals surface area contributed by atoms with Gasteiger partial charge in [-0.1, -0.05) is 32.9 Å². The molecule has 2 heterocycles. The monoisotopic (exact) mass is 853 g/mol. The van der Waals surface area contributed by atoms with E-state index in [1.807, 2.05) is 34.6 Å². The average molecular weight is 854 g/mol. The molecule has 2 atom stereocenters. The molecule has 4 N–H and O–H groups in total. The van der Waals surface area contributed by atoms with E-state index in [4.69, 9.17) is 15.3 Å². The van der Waals surface area contributed by atoms with Gasteiger partial charge in [0.15, 0.2) is 5.71 Å². The molecule has 0 aromatic heterocycles. The minimum absolute atomic E-state index is 0.0193. The van der Waals surface area contributed by atoms with Crippen molar-refractivity contribution in [1.82, 2.24) is 10.3 Å². The minimum atomic E-state index is -4.84. The van der Waals surface area contributed by atoms with Gasteiger partial charge in [0.25, 0.3) is 10.1 Å². The summed E-state index contributed by atoms with van der Waals surface area (Å²) in [5.74, 6) is 4.44. The van der Waals surface area contributed by atoms with Crippen LogP contribution in [0.2, 0.25) is 0 Å². The van der Waals surface area contributed by atoms with E-state index in [-0.39, 0.29) is 31.2 Å². The second-order valence-corrected chi connectivity index (χ2v) is 20.0. The van der Waals surface area contributed by atoms with Crippen molar-refractivity contribution in [1.29, 1.82) is 0 Å². The molecule has 0 saturated heterocycles. The molecule has 0 spiro atoms. The van der Waals surface area contributed by atoms with Gasteiger partial charge in [-0.3, -0.25) is 14.8 Å². The summed E-state index contributed by atoms with van der Waals surface area (Å²) >= 11 is 0. The lowest BCUT2D eigenvalue weighted by atomic mass is 9.75. The number of hydrazine groups is 1. The number of hydrogen-bond acceptors (Lipinski definition) is 13. The third kappa shape index (κ3) is 12.4. The van der Waals surface area contributed by atoms with Crippen LogP contribution < -0.4 is 11.3 Å². The predicted octanol–water partition coefficient (Wildman–Crippen LogP) is 3.29. The quantitative estimate of drug-likeness (QED) is 0.0594. The number of benzene rings is 1. The molecule has 0 bridgehead atoms. The normalized spacial score (nSPS) is 20.8. The first-order chi connectivity index (χ1) is 26.5. The van der Waals surface area contributed by atoms with Crippen molar-refractivity contribution in [3.05, 3.63) is 82.8 Å². The van der Waals surface area contributed by atoms with Crippen LogP contribution in [0.25, 0.3) is 0 Å². The molecular weight excluding hydrogens is 801 g/mol. The Morgan fingerprint density at radius 2 is 1.82 bits per heavy atom. The van der Waals surface area contributed by atoms with Crippen LogP contribution in [0.15, 0.2) is 82.2 Å². The summed E-state index contributed by atoms with van der Waals surface area (Å²) < 4.78 is 117. The Hall–Kier alpha value is -3.69. The van der Waals surface area contributed by atoms with E-state index in [1.165, 1.54) is 18.2 Å². The van der Waals surface area contributed by atoms with Crippen LogP contribution in [0.1, 0.15) is 71.8 Å². The van der Waals surface area contributed by atoms with Crippen molar-refractivity contribution in [2.75, 3.05) is 44.9 Å². The first-order valence-electron chi connectivity index (χ1n) is 18.5. The van der Waals surface area contributed by atoms with Crippen molar-refractivity contribution in [2.24, 2.45) is 11.3 Å². The number of ether oxygens (including phenoxy) is 2. The summed E-state index contributed by atoms with van der Waals surface area (Å²) in [5.41, 5.74) is 5.44. The van der Waals surface area contributed by atoms with Crippen LogP contribution in [0.5, 0.6) is 0 Å². The predicted molar refractivity (Wildman–Crippen MR) is 212 cm³/mol. The molecule has 1 aromatic carbocycles. The number of rotatable bonds is 19. The lowest BCUT2D eigenvalue weighted by molar-refractivity contribution is -0.437. The number of amides is 1. The third-order valence-electron chi connectivity index (χ3n) is 10.2. The highest BCUT2D eigenvalue weighted by atomic mass is 32.2. The van der Waals surface area contributed by atoms with Gasteiger partial charge in [-0.2, -0.15) is 13.0 Å². The Morgan fingerprint density at radius 3 is 2.44 bits per heavy atom. The Kier molecular flexibility index (Phi) is 14.9.